The quantitative estimate of drug-likeness (QED) is 0.146. The van der Waals surface area contributed by atoms with E-state index in [0.717, 1.165) is 100 Å². The summed E-state index contributed by atoms with van der Waals surface area (Å²) in [5.74, 6) is -0.945. The van der Waals surface area contributed by atoms with Crippen LogP contribution in [0.4, 0.5) is 0 Å². The van der Waals surface area contributed by atoms with Gasteiger partial charge in [-0.3, -0.25) is 0 Å². The van der Waals surface area contributed by atoms with Gasteiger partial charge in [-0.25, -0.2) is 28.5 Å². The predicted octanol–water partition coefficient (Wildman–Crippen LogP) is 9.16. The highest BCUT2D eigenvalue weighted by molar-refractivity contribution is 6.00. The molecule has 60 heavy (non-hydrogen) atoms. The van der Waals surface area contributed by atoms with Crippen molar-refractivity contribution >= 4 is 52.3 Å². The number of aromatic carboxylic acids is 1. The molecule has 9 nitrogen and oxygen atoms in total. The third-order valence-electron chi connectivity index (χ3n) is 11.2. The van der Waals surface area contributed by atoms with Crippen LogP contribution in [-0.2, 0) is 21.1 Å². The lowest BCUT2D eigenvalue weighted by atomic mass is 9.98. The van der Waals surface area contributed by atoms with Crippen molar-refractivity contribution < 1.29 is 23.6 Å². The zero-order valence-electron chi connectivity index (χ0n) is 33.3. The fraction of sp³-hybridized carbons (Fsp3) is 0.0588. The van der Waals surface area contributed by atoms with Crippen LogP contribution < -0.4 is 13.7 Å². The van der Waals surface area contributed by atoms with Gasteiger partial charge < -0.3 is 15.1 Å². The standard InChI is InChI=1S/C51H37N7O2/c1-56-26-20-35(21-27-56)48-41-14-12-39(52-41)47(34-8-4-32(5-9-34)33-6-10-38(11-7-33)51(59)60)40-13-15-42(53-40)49(36-22-28-57(2)29-23-36)44-17-19-46(55-44)50(45-18-16-43(48)54-45)37-24-30-58(3)31-25-37/h4-31H,1-3H3/p+3. The van der Waals surface area contributed by atoms with Crippen LogP contribution in [0.3, 0.4) is 0 Å². The molecule has 2 aliphatic rings. The normalized spacial score (nSPS) is 11.9. The molecule has 8 aromatic rings. The molecule has 2 aliphatic heterocycles. The molecular formula is C51H40N7O2+3. The van der Waals surface area contributed by atoms with Crippen molar-refractivity contribution in [3.63, 3.8) is 0 Å². The van der Waals surface area contributed by atoms with E-state index >= 15 is 0 Å². The first-order chi connectivity index (χ1) is 29.3. The van der Waals surface area contributed by atoms with Gasteiger partial charge in [0.15, 0.2) is 37.2 Å². The lowest BCUT2D eigenvalue weighted by Gasteiger charge is -2.08. The van der Waals surface area contributed by atoms with Gasteiger partial charge >= 0.3 is 5.97 Å². The van der Waals surface area contributed by atoms with Crippen molar-refractivity contribution in [1.82, 2.24) is 19.9 Å². The second kappa shape index (κ2) is 14.7. The van der Waals surface area contributed by atoms with E-state index in [9.17, 15) is 9.90 Å². The summed E-state index contributed by atoms with van der Waals surface area (Å²) in [5, 5.41) is 9.44. The lowest BCUT2D eigenvalue weighted by Crippen LogP contribution is -2.25. The first-order valence-electron chi connectivity index (χ1n) is 19.7. The number of H-pyrrole nitrogens is 2. The number of nitrogens with one attached hydrogen (secondary N) is 2. The third kappa shape index (κ3) is 6.67. The molecule has 0 saturated heterocycles. The number of hydrogen-bond acceptors (Lipinski definition) is 3. The summed E-state index contributed by atoms with van der Waals surface area (Å²) in [6.07, 6.45) is 20.7. The van der Waals surface area contributed by atoms with Gasteiger partial charge in [-0.15, -0.1) is 0 Å². The van der Waals surface area contributed by atoms with Gasteiger partial charge in [0.1, 0.15) is 21.1 Å². The number of pyridine rings is 3. The maximum absolute atomic E-state index is 11.5. The van der Waals surface area contributed by atoms with Crippen molar-refractivity contribution in [3.8, 4) is 55.6 Å². The maximum atomic E-state index is 11.5. The number of benzene rings is 2. The Morgan fingerprint density at radius 1 is 0.400 bits per heavy atom. The van der Waals surface area contributed by atoms with Gasteiger partial charge in [-0.05, 0) is 94.1 Å². The Labute approximate surface area is 346 Å². The molecule has 0 atom stereocenters. The topological polar surface area (TPSA) is 106 Å². The van der Waals surface area contributed by atoms with Gasteiger partial charge in [-0.2, -0.15) is 0 Å². The monoisotopic (exact) mass is 782 g/mol. The average molecular weight is 783 g/mol. The summed E-state index contributed by atoms with van der Waals surface area (Å²) in [6.45, 7) is 0. The number of aromatic nitrogens is 7. The first-order valence-corrected chi connectivity index (χ1v) is 19.7. The molecular weight excluding hydrogens is 743 g/mol. The fourth-order valence-corrected chi connectivity index (χ4v) is 8.06. The molecule has 9 heteroatoms. The van der Waals surface area contributed by atoms with Crippen LogP contribution in [0.1, 0.15) is 33.1 Å². The van der Waals surface area contributed by atoms with E-state index in [1.165, 1.54) is 0 Å². The number of rotatable bonds is 6. The molecule has 0 radical (unpaired) electrons. The van der Waals surface area contributed by atoms with E-state index in [2.05, 4.69) is 144 Å². The number of aromatic amines is 2. The summed E-state index contributed by atoms with van der Waals surface area (Å²) in [6, 6.07) is 36.7. The molecule has 8 bridgehead atoms. The average Bonchev–Trinajstić information content (AvgIpc) is 4.11. The Kier molecular flexibility index (Phi) is 8.91. The second-order valence-corrected chi connectivity index (χ2v) is 15.2. The van der Waals surface area contributed by atoms with Crippen molar-refractivity contribution in [2.24, 2.45) is 21.1 Å². The number of carbonyl (C=O) groups is 1. The van der Waals surface area contributed by atoms with Crippen molar-refractivity contribution in [1.29, 1.82) is 0 Å². The molecule has 288 valence electrons. The van der Waals surface area contributed by atoms with Crippen LogP contribution in [-0.4, -0.2) is 31.0 Å². The summed E-state index contributed by atoms with van der Waals surface area (Å²) in [4.78, 5) is 30.0. The van der Waals surface area contributed by atoms with Crippen LogP contribution in [0.2, 0.25) is 0 Å². The Morgan fingerprint density at radius 2 is 0.700 bits per heavy atom. The smallest absolute Gasteiger partial charge is 0.335 e. The highest BCUT2D eigenvalue weighted by atomic mass is 16.4. The Morgan fingerprint density at radius 3 is 1.10 bits per heavy atom. The number of carboxylic acid groups (broad SMARTS) is 1. The third-order valence-corrected chi connectivity index (χ3v) is 11.2. The van der Waals surface area contributed by atoms with Crippen molar-refractivity contribution in [2.75, 3.05) is 0 Å². The van der Waals surface area contributed by atoms with Gasteiger partial charge in [0, 0.05) is 80.7 Å². The number of hydrogen-bond donors (Lipinski definition) is 3. The van der Waals surface area contributed by atoms with Gasteiger partial charge in [0.2, 0.25) is 0 Å². The molecule has 0 unspecified atom stereocenters. The summed E-state index contributed by atoms with van der Waals surface area (Å²) >= 11 is 0. The van der Waals surface area contributed by atoms with Gasteiger partial charge in [0.05, 0.1) is 28.3 Å². The minimum Gasteiger partial charge on any atom is -0.478 e. The Bertz CT molecular complexity index is 3210. The van der Waals surface area contributed by atoms with Crippen molar-refractivity contribution in [2.45, 2.75) is 0 Å². The minimum atomic E-state index is -0.945. The minimum absolute atomic E-state index is 0.256. The zero-order chi connectivity index (χ0) is 40.9. The molecule has 2 aromatic carbocycles. The van der Waals surface area contributed by atoms with E-state index in [1.807, 2.05) is 59.4 Å². The summed E-state index contributed by atoms with van der Waals surface area (Å²) in [5.41, 5.74) is 17.3. The lowest BCUT2D eigenvalue weighted by molar-refractivity contribution is -0.671. The van der Waals surface area contributed by atoms with Gasteiger partial charge in [0.25, 0.3) is 0 Å². The summed E-state index contributed by atoms with van der Waals surface area (Å²) in [7, 11) is 6.06. The van der Waals surface area contributed by atoms with E-state index < -0.39 is 5.97 Å². The first kappa shape index (κ1) is 36.3. The SMILES string of the molecule is C[n+]1ccc(-c2c3nc(c(-c4ccc(-c5ccc(C(=O)O)cc5)cc4)c4ccc([nH]4)c(-c4cc[n+](C)cc4)c4ccc([nH]4)c(-c4cc[n+](C)cc4)c4nc2C=C4)C=C3)cc1. The van der Waals surface area contributed by atoms with E-state index in [1.54, 1.807) is 12.1 Å². The summed E-state index contributed by atoms with van der Waals surface area (Å²) < 4.78 is 6.10. The van der Waals surface area contributed by atoms with E-state index in [0.29, 0.717) is 0 Å². The van der Waals surface area contributed by atoms with E-state index in [-0.39, 0.29) is 5.56 Å². The van der Waals surface area contributed by atoms with Crippen LogP contribution in [0, 0.1) is 0 Å². The van der Waals surface area contributed by atoms with Crippen molar-refractivity contribution in [3.05, 3.63) is 175 Å². The highest BCUT2D eigenvalue weighted by Crippen LogP contribution is 2.38. The molecule has 0 spiro atoms. The Balaban J connectivity index is 1.30. The van der Waals surface area contributed by atoms with Crippen LogP contribution in [0.25, 0.3) is 102 Å². The van der Waals surface area contributed by atoms with Crippen LogP contribution in [0.5, 0.6) is 0 Å². The molecule has 0 amide bonds. The highest BCUT2D eigenvalue weighted by Gasteiger charge is 2.20. The van der Waals surface area contributed by atoms with Gasteiger partial charge in [-0.1, -0.05) is 36.4 Å². The van der Waals surface area contributed by atoms with E-state index in [4.69, 9.17) is 9.97 Å². The number of aryl methyl sites for hydroxylation is 3. The molecule has 0 saturated carbocycles. The molecule has 10 rings (SSSR count). The molecule has 6 aromatic heterocycles. The van der Waals surface area contributed by atoms with Crippen LogP contribution >= 0.6 is 0 Å². The number of carboxylic acids is 1. The maximum Gasteiger partial charge on any atom is 0.335 e. The molecule has 8 heterocycles. The molecule has 0 aliphatic carbocycles. The molecule has 3 N–H and O–H groups in total. The zero-order valence-corrected chi connectivity index (χ0v) is 33.3. The largest absolute Gasteiger partial charge is 0.478 e. The Hall–Kier alpha value is -8.04. The predicted molar refractivity (Wildman–Crippen MR) is 237 cm³/mol. The number of fused-ring (bicyclic) bond motifs is 8. The molecule has 0 fully saturated rings. The van der Waals surface area contributed by atoms with Crippen LogP contribution in [0.15, 0.2) is 146 Å². The fourth-order valence-electron chi connectivity index (χ4n) is 8.06. The second-order valence-electron chi connectivity index (χ2n) is 15.2. The number of nitrogens with zero attached hydrogens (tertiary/aromatic N) is 5.